The first kappa shape index (κ1) is 7.25. The number of rotatable bonds is 0. The molecule has 0 aromatic carbocycles. The molecule has 0 atom stereocenters. The van der Waals surface area contributed by atoms with Gasteiger partial charge in [0.1, 0.15) is 5.65 Å². The first-order valence-electron chi connectivity index (χ1n) is 4.16. The fourth-order valence-corrected chi connectivity index (χ4v) is 1.54. The molecule has 0 unspecified atom stereocenters. The quantitative estimate of drug-likeness (QED) is 0.545. The van der Waals surface area contributed by atoms with Crippen molar-refractivity contribution in [3.05, 3.63) is 34.9 Å². The average molecular weight is 186 g/mol. The number of hydrogen-bond acceptors (Lipinski definition) is 3. The molecule has 3 heterocycles. The topological polar surface area (TPSA) is 74.4 Å². The molecule has 5 nitrogen and oxygen atoms in total. The molecule has 3 rings (SSSR count). The van der Waals surface area contributed by atoms with Crippen LogP contribution in [0.2, 0.25) is 0 Å². The molecule has 0 saturated heterocycles. The highest BCUT2D eigenvalue weighted by Crippen LogP contribution is 2.19. The third kappa shape index (κ3) is 0.861. The molecular formula is C9H6N4O. The van der Waals surface area contributed by atoms with Gasteiger partial charge in [0.25, 0.3) is 0 Å². The molecule has 0 aliphatic rings. The number of nitrogens with zero attached hydrogens (tertiary/aromatic N) is 2. The summed E-state index contributed by atoms with van der Waals surface area (Å²) in [5.74, 6) is 0. The Morgan fingerprint density at radius 2 is 2.14 bits per heavy atom. The number of nitrogens with one attached hydrogen (secondary N) is 2. The maximum absolute atomic E-state index is 11.2. The van der Waals surface area contributed by atoms with Gasteiger partial charge in [-0.1, -0.05) is 0 Å². The summed E-state index contributed by atoms with van der Waals surface area (Å²) in [5.41, 5.74) is 1.24. The predicted molar refractivity (Wildman–Crippen MR) is 52.0 cm³/mol. The minimum atomic E-state index is -0.166. The summed E-state index contributed by atoms with van der Waals surface area (Å²) in [7, 11) is 0. The van der Waals surface area contributed by atoms with E-state index in [1.165, 1.54) is 6.07 Å². The summed E-state index contributed by atoms with van der Waals surface area (Å²) in [6.07, 6.45) is 3.32. The van der Waals surface area contributed by atoms with Crippen LogP contribution in [0.5, 0.6) is 0 Å². The summed E-state index contributed by atoms with van der Waals surface area (Å²) in [6.45, 7) is 0. The summed E-state index contributed by atoms with van der Waals surface area (Å²) in [5, 5.41) is 8.57. The Balaban J connectivity index is 2.76. The molecule has 0 aliphatic carbocycles. The van der Waals surface area contributed by atoms with Crippen molar-refractivity contribution in [2.75, 3.05) is 0 Å². The first-order valence-corrected chi connectivity index (χ1v) is 4.16. The molecule has 0 fully saturated rings. The molecule has 3 aromatic heterocycles. The highest BCUT2D eigenvalue weighted by Gasteiger charge is 2.03. The Kier molecular flexibility index (Phi) is 1.25. The van der Waals surface area contributed by atoms with E-state index in [0.717, 1.165) is 16.3 Å². The van der Waals surface area contributed by atoms with Gasteiger partial charge in [-0.05, 0) is 6.07 Å². The lowest BCUT2D eigenvalue weighted by Crippen LogP contribution is -1.97. The van der Waals surface area contributed by atoms with E-state index >= 15 is 0 Å². The van der Waals surface area contributed by atoms with Crippen LogP contribution < -0.4 is 5.56 Å². The van der Waals surface area contributed by atoms with Crippen molar-refractivity contribution in [2.24, 2.45) is 0 Å². The lowest BCUT2D eigenvalue weighted by Gasteiger charge is -1.89. The van der Waals surface area contributed by atoms with Crippen LogP contribution in [-0.4, -0.2) is 20.2 Å². The molecule has 5 heteroatoms. The third-order valence-electron chi connectivity index (χ3n) is 2.16. The largest absolute Gasteiger partial charge is 0.306 e. The van der Waals surface area contributed by atoms with Gasteiger partial charge in [-0.2, -0.15) is 5.10 Å². The van der Waals surface area contributed by atoms with E-state index < -0.39 is 0 Å². The molecule has 0 aliphatic heterocycles. The molecule has 3 aromatic rings. The zero-order chi connectivity index (χ0) is 9.54. The molecule has 0 radical (unpaired) electrons. The number of aromatic nitrogens is 4. The van der Waals surface area contributed by atoms with Crippen molar-refractivity contribution in [3.8, 4) is 0 Å². The van der Waals surface area contributed by atoms with Crippen LogP contribution in [0.15, 0.2) is 29.3 Å². The second-order valence-electron chi connectivity index (χ2n) is 3.04. The normalized spacial score (nSPS) is 11.1. The summed E-state index contributed by atoms with van der Waals surface area (Å²) >= 11 is 0. The summed E-state index contributed by atoms with van der Waals surface area (Å²) in [6, 6.07) is 3.20. The number of aromatic amines is 2. The van der Waals surface area contributed by atoms with Crippen LogP contribution in [0.4, 0.5) is 0 Å². The van der Waals surface area contributed by atoms with Crippen molar-refractivity contribution in [1.82, 2.24) is 20.2 Å². The van der Waals surface area contributed by atoms with E-state index in [1.54, 1.807) is 18.5 Å². The molecule has 0 bridgehead atoms. The molecule has 2 N–H and O–H groups in total. The van der Waals surface area contributed by atoms with E-state index in [9.17, 15) is 4.79 Å². The smallest absolute Gasteiger partial charge is 0.249 e. The monoisotopic (exact) mass is 186 g/mol. The SMILES string of the molecule is O=c1ccc2cn[nH]c3cnc([nH]1)c23. The van der Waals surface area contributed by atoms with Crippen LogP contribution in [0.3, 0.4) is 0 Å². The Labute approximate surface area is 77.8 Å². The second-order valence-corrected chi connectivity index (χ2v) is 3.04. The average Bonchev–Trinajstić information content (AvgIpc) is 2.51. The number of H-pyrrole nitrogens is 2. The van der Waals surface area contributed by atoms with E-state index in [4.69, 9.17) is 0 Å². The van der Waals surface area contributed by atoms with Gasteiger partial charge in [-0.15, -0.1) is 0 Å². The maximum atomic E-state index is 11.2. The fourth-order valence-electron chi connectivity index (χ4n) is 1.54. The van der Waals surface area contributed by atoms with E-state index in [0.29, 0.717) is 5.65 Å². The van der Waals surface area contributed by atoms with Gasteiger partial charge in [-0.25, -0.2) is 4.98 Å². The van der Waals surface area contributed by atoms with Crippen molar-refractivity contribution in [2.45, 2.75) is 0 Å². The van der Waals surface area contributed by atoms with Crippen molar-refractivity contribution in [1.29, 1.82) is 0 Å². The van der Waals surface area contributed by atoms with E-state index in [1.807, 2.05) is 0 Å². The highest BCUT2D eigenvalue weighted by atomic mass is 16.1. The Hall–Kier alpha value is -2.17. The van der Waals surface area contributed by atoms with Crippen LogP contribution in [-0.2, 0) is 0 Å². The van der Waals surface area contributed by atoms with Crippen LogP contribution in [0.1, 0.15) is 0 Å². The van der Waals surface area contributed by atoms with Gasteiger partial charge in [-0.3, -0.25) is 9.89 Å². The standard InChI is InChI=1S/C9H6N4O/c14-7-2-1-5-3-11-13-6-4-10-9(12-7)8(5)6/h1-4,13H,(H,10,12,14). The minimum Gasteiger partial charge on any atom is -0.306 e. The molecule has 68 valence electrons. The van der Waals surface area contributed by atoms with Crippen molar-refractivity contribution in [3.63, 3.8) is 0 Å². The van der Waals surface area contributed by atoms with Crippen LogP contribution in [0.25, 0.3) is 21.9 Å². The minimum absolute atomic E-state index is 0.166. The molecule has 14 heavy (non-hydrogen) atoms. The van der Waals surface area contributed by atoms with Gasteiger partial charge < -0.3 is 4.98 Å². The summed E-state index contributed by atoms with van der Waals surface area (Å²) in [4.78, 5) is 18.0. The molecule has 0 saturated carbocycles. The van der Waals surface area contributed by atoms with Gasteiger partial charge in [0.15, 0.2) is 0 Å². The predicted octanol–water partition coefficient (Wildman–Crippen LogP) is 0.799. The maximum Gasteiger partial charge on any atom is 0.249 e. The van der Waals surface area contributed by atoms with Crippen molar-refractivity contribution >= 4 is 21.9 Å². The Morgan fingerprint density at radius 1 is 1.21 bits per heavy atom. The Morgan fingerprint density at radius 3 is 3.07 bits per heavy atom. The fraction of sp³-hybridized carbons (Fsp3) is 0. The second kappa shape index (κ2) is 2.41. The van der Waals surface area contributed by atoms with Crippen LogP contribution in [0, 0.1) is 0 Å². The van der Waals surface area contributed by atoms with Crippen LogP contribution >= 0.6 is 0 Å². The molecule has 0 spiro atoms. The van der Waals surface area contributed by atoms with Gasteiger partial charge in [0.05, 0.1) is 23.3 Å². The lowest BCUT2D eigenvalue weighted by molar-refractivity contribution is 1.09. The van der Waals surface area contributed by atoms with Gasteiger partial charge in [0.2, 0.25) is 5.56 Å². The lowest BCUT2D eigenvalue weighted by atomic mass is 10.2. The van der Waals surface area contributed by atoms with E-state index in [2.05, 4.69) is 20.2 Å². The Bertz CT molecular complexity index is 667. The van der Waals surface area contributed by atoms with Gasteiger partial charge in [0, 0.05) is 11.5 Å². The van der Waals surface area contributed by atoms with Gasteiger partial charge >= 0.3 is 0 Å². The third-order valence-corrected chi connectivity index (χ3v) is 2.16. The highest BCUT2D eigenvalue weighted by molar-refractivity contribution is 6.04. The molecule has 0 amide bonds. The first-order chi connectivity index (χ1) is 6.84. The zero-order valence-corrected chi connectivity index (χ0v) is 7.11. The summed E-state index contributed by atoms with van der Waals surface area (Å²) < 4.78 is 0. The zero-order valence-electron chi connectivity index (χ0n) is 7.11. The van der Waals surface area contributed by atoms with Crippen molar-refractivity contribution < 1.29 is 0 Å². The van der Waals surface area contributed by atoms with E-state index in [-0.39, 0.29) is 5.56 Å². The number of hydrogen-bond donors (Lipinski definition) is 2. The molecular weight excluding hydrogens is 180 g/mol.